The molecule has 0 heterocycles. The van der Waals surface area contributed by atoms with Gasteiger partial charge in [-0.05, 0) is 141 Å². The van der Waals surface area contributed by atoms with E-state index >= 15 is 0 Å². The molecule has 0 aliphatic heterocycles. The first kappa shape index (κ1) is 26.4. The molecule has 3 aromatic carbocycles. The number of hydrogen-bond acceptors (Lipinski definition) is 3. The lowest BCUT2D eigenvalue weighted by molar-refractivity contribution is -0.114. The monoisotopic (exact) mass is 562 g/mol. The largest absolute Gasteiger partial charge is 0.325 e. The zero-order chi connectivity index (χ0) is 27.4. The third-order valence-corrected chi connectivity index (χ3v) is 11.3. The summed E-state index contributed by atoms with van der Waals surface area (Å²) in [6.07, 6.45) is 8.09. The van der Waals surface area contributed by atoms with Crippen LogP contribution in [0.2, 0.25) is 5.02 Å². The van der Waals surface area contributed by atoms with Crippen LogP contribution in [0.3, 0.4) is 0 Å². The van der Waals surface area contributed by atoms with E-state index in [0.29, 0.717) is 21.8 Å². The van der Waals surface area contributed by atoms with E-state index < -0.39 is 15.9 Å². The van der Waals surface area contributed by atoms with Crippen molar-refractivity contribution in [2.75, 3.05) is 16.2 Å². The number of aryl methyl sites for hydroxylation is 2. The normalized spacial score (nSPS) is 25.5. The Morgan fingerprint density at radius 2 is 1.46 bits per heavy atom. The number of anilines is 2. The van der Waals surface area contributed by atoms with Crippen LogP contribution in [0.4, 0.5) is 11.4 Å². The molecule has 4 saturated carbocycles. The maximum atomic E-state index is 13.7. The van der Waals surface area contributed by atoms with Crippen LogP contribution in [0, 0.1) is 31.6 Å². The molecule has 0 saturated heterocycles. The predicted molar refractivity (Wildman–Crippen MR) is 157 cm³/mol. The van der Waals surface area contributed by atoms with Crippen molar-refractivity contribution in [2.24, 2.45) is 17.8 Å². The van der Waals surface area contributed by atoms with Gasteiger partial charge in [-0.1, -0.05) is 29.8 Å². The van der Waals surface area contributed by atoms with Crippen molar-refractivity contribution in [3.63, 3.8) is 0 Å². The van der Waals surface area contributed by atoms with E-state index in [9.17, 15) is 13.2 Å². The number of amides is 1. The van der Waals surface area contributed by atoms with E-state index in [1.807, 2.05) is 32.0 Å². The average Bonchev–Trinajstić information content (AvgIpc) is 2.89. The summed E-state index contributed by atoms with van der Waals surface area (Å²) in [6, 6.07) is 19.7. The molecular formula is C32H35ClN2O3S. The summed E-state index contributed by atoms with van der Waals surface area (Å²) in [7, 11) is -4.01. The van der Waals surface area contributed by atoms with Gasteiger partial charge in [-0.3, -0.25) is 9.10 Å². The zero-order valence-corrected chi connectivity index (χ0v) is 24.1. The Morgan fingerprint density at radius 3 is 2.03 bits per heavy atom. The van der Waals surface area contributed by atoms with Gasteiger partial charge in [0.2, 0.25) is 5.91 Å². The van der Waals surface area contributed by atoms with Crippen LogP contribution in [0.5, 0.6) is 0 Å². The molecule has 0 spiro atoms. The number of nitrogens with zero attached hydrogens (tertiary/aromatic N) is 1. The second kappa shape index (κ2) is 9.97. The summed E-state index contributed by atoms with van der Waals surface area (Å²) >= 11 is 6.00. The standard InChI is InChI=1S/C32H35ClN2O3S/c1-21-3-10-29(13-22(21)2)35(39(37,38)30-11-6-27(33)7-12-30)20-31(36)34-28-8-4-26(5-9-28)32-17-23-14-24(18-32)16-25(15-23)19-32/h3-13,23-25H,14-20H2,1-2H3,(H,34,36). The molecule has 4 bridgehead atoms. The summed E-state index contributed by atoms with van der Waals surface area (Å²) in [4.78, 5) is 13.3. The average molecular weight is 563 g/mol. The van der Waals surface area contributed by atoms with Gasteiger partial charge in [0.1, 0.15) is 6.54 Å². The summed E-state index contributed by atoms with van der Waals surface area (Å²) in [5, 5.41) is 3.38. The van der Waals surface area contributed by atoms with Crippen LogP contribution in [-0.4, -0.2) is 20.9 Å². The van der Waals surface area contributed by atoms with Gasteiger partial charge in [0.15, 0.2) is 0 Å². The number of halogens is 1. The van der Waals surface area contributed by atoms with E-state index in [1.54, 1.807) is 24.3 Å². The Morgan fingerprint density at radius 1 is 0.872 bits per heavy atom. The highest BCUT2D eigenvalue weighted by molar-refractivity contribution is 7.92. The van der Waals surface area contributed by atoms with Crippen LogP contribution in [0.1, 0.15) is 55.2 Å². The first-order valence-electron chi connectivity index (χ1n) is 13.9. The fourth-order valence-corrected chi connectivity index (χ4v) is 9.17. The fourth-order valence-electron chi connectivity index (χ4n) is 7.63. The first-order valence-corrected chi connectivity index (χ1v) is 15.7. The molecule has 0 atom stereocenters. The van der Waals surface area contributed by atoms with E-state index in [4.69, 9.17) is 11.6 Å². The molecule has 7 rings (SSSR count). The van der Waals surface area contributed by atoms with E-state index in [-0.39, 0.29) is 11.4 Å². The lowest BCUT2D eigenvalue weighted by Crippen LogP contribution is -2.48. The third kappa shape index (κ3) is 5.09. The quantitative estimate of drug-likeness (QED) is 0.329. The van der Waals surface area contributed by atoms with E-state index in [0.717, 1.165) is 28.9 Å². The molecule has 4 aliphatic carbocycles. The molecule has 4 aliphatic rings. The Bertz CT molecular complexity index is 1460. The fraction of sp³-hybridized carbons (Fsp3) is 0.406. The number of sulfonamides is 1. The molecule has 204 valence electrons. The Balaban J connectivity index is 1.22. The van der Waals surface area contributed by atoms with Gasteiger partial charge in [-0.15, -0.1) is 0 Å². The molecule has 1 N–H and O–H groups in total. The van der Waals surface area contributed by atoms with Crippen molar-refractivity contribution >= 4 is 38.9 Å². The maximum Gasteiger partial charge on any atom is 0.264 e. The number of hydrogen-bond donors (Lipinski definition) is 1. The van der Waals surface area contributed by atoms with Crippen molar-refractivity contribution in [1.29, 1.82) is 0 Å². The Hall–Kier alpha value is -2.83. The van der Waals surface area contributed by atoms with Crippen LogP contribution in [0.15, 0.2) is 71.6 Å². The highest BCUT2D eigenvalue weighted by Crippen LogP contribution is 2.60. The highest BCUT2D eigenvalue weighted by Gasteiger charge is 2.51. The summed E-state index contributed by atoms with van der Waals surface area (Å²) < 4.78 is 28.5. The number of benzene rings is 3. The van der Waals surface area contributed by atoms with Crippen molar-refractivity contribution < 1.29 is 13.2 Å². The van der Waals surface area contributed by atoms with Crippen molar-refractivity contribution in [3.05, 3.63) is 88.4 Å². The summed E-state index contributed by atoms with van der Waals surface area (Å²) in [6.45, 7) is 3.55. The first-order chi connectivity index (χ1) is 18.6. The molecule has 39 heavy (non-hydrogen) atoms. The molecule has 4 fully saturated rings. The van der Waals surface area contributed by atoms with Crippen LogP contribution >= 0.6 is 11.6 Å². The predicted octanol–water partition coefficient (Wildman–Crippen LogP) is 7.26. The van der Waals surface area contributed by atoms with Gasteiger partial charge in [-0.2, -0.15) is 0 Å². The Labute approximate surface area is 236 Å². The Kier molecular flexibility index (Phi) is 6.75. The van der Waals surface area contributed by atoms with Crippen LogP contribution < -0.4 is 9.62 Å². The van der Waals surface area contributed by atoms with Crippen LogP contribution in [-0.2, 0) is 20.2 Å². The molecule has 0 radical (unpaired) electrons. The number of rotatable bonds is 7. The van der Waals surface area contributed by atoms with Gasteiger partial charge >= 0.3 is 0 Å². The molecule has 0 aromatic heterocycles. The highest BCUT2D eigenvalue weighted by atomic mass is 35.5. The number of carbonyl (C=O) groups excluding carboxylic acids is 1. The number of nitrogens with one attached hydrogen (secondary N) is 1. The molecule has 0 unspecified atom stereocenters. The maximum absolute atomic E-state index is 13.7. The lowest BCUT2D eigenvalue weighted by atomic mass is 9.48. The zero-order valence-electron chi connectivity index (χ0n) is 22.5. The van der Waals surface area contributed by atoms with Gasteiger partial charge in [0.05, 0.1) is 10.6 Å². The minimum atomic E-state index is -4.01. The minimum Gasteiger partial charge on any atom is -0.325 e. The van der Waals surface area contributed by atoms with E-state index in [2.05, 4.69) is 17.4 Å². The second-order valence-electron chi connectivity index (χ2n) is 12.1. The van der Waals surface area contributed by atoms with Gasteiger partial charge in [0, 0.05) is 10.7 Å². The molecule has 3 aromatic rings. The molecule has 7 heteroatoms. The third-order valence-electron chi connectivity index (χ3n) is 9.29. The summed E-state index contributed by atoms with van der Waals surface area (Å²) in [5.74, 6) is 2.21. The van der Waals surface area contributed by atoms with Gasteiger partial charge < -0.3 is 5.32 Å². The lowest BCUT2D eigenvalue weighted by Gasteiger charge is -2.57. The van der Waals surface area contributed by atoms with Crippen molar-refractivity contribution in [1.82, 2.24) is 0 Å². The summed E-state index contributed by atoms with van der Waals surface area (Å²) in [5.41, 5.74) is 4.81. The van der Waals surface area contributed by atoms with Crippen molar-refractivity contribution in [3.8, 4) is 0 Å². The second-order valence-corrected chi connectivity index (χ2v) is 14.4. The molecular weight excluding hydrogens is 528 g/mol. The topological polar surface area (TPSA) is 66.5 Å². The number of carbonyl (C=O) groups is 1. The smallest absolute Gasteiger partial charge is 0.264 e. The molecule has 1 amide bonds. The molecule has 5 nitrogen and oxygen atoms in total. The van der Waals surface area contributed by atoms with E-state index in [1.165, 1.54) is 60.5 Å². The van der Waals surface area contributed by atoms with Gasteiger partial charge in [0.25, 0.3) is 10.0 Å². The van der Waals surface area contributed by atoms with Crippen LogP contribution in [0.25, 0.3) is 0 Å². The van der Waals surface area contributed by atoms with Crippen molar-refractivity contribution in [2.45, 2.75) is 62.7 Å². The minimum absolute atomic E-state index is 0.0813. The SMILES string of the molecule is Cc1ccc(N(CC(=O)Nc2ccc(C34CC5CC(CC(C5)C3)C4)cc2)S(=O)(=O)c2ccc(Cl)cc2)cc1C. The van der Waals surface area contributed by atoms with Gasteiger partial charge in [-0.25, -0.2) is 8.42 Å².